The van der Waals surface area contributed by atoms with Crippen molar-refractivity contribution in [1.29, 1.82) is 0 Å². The number of nitrogens with zero attached hydrogens (tertiary/aromatic N) is 2. The van der Waals surface area contributed by atoms with E-state index in [1.807, 2.05) is 0 Å². The highest BCUT2D eigenvalue weighted by atomic mass is 79.9. The Labute approximate surface area is 101 Å². The van der Waals surface area contributed by atoms with Crippen LogP contribution in [-0.4, -0.2) is 16.1 Å². The first kappa shape index (κ1) is 11.1. The molecule has 0 atom stereocenters. The summed E-state index contributed by atoms with van der Waals surface area (Å²) in [5.41, 5.74) is 1.14. The summed E-state index contributed by atoms with van der Waals surface area (Å²) in [6, 6.07) is 3.57. The van der Waals surface area contributed by atoms with E-state index in [9.17, 15) is 4.79 Å². The van der Waals surface area contributed by atoms with Crippen molar-refractivity contribution in [2.75, 3.05) is 0 Å². The minimum atomic E-state index is 0.551. The lowest BCUT2D eigenvalue weighted by Gasteiger charge is -1.95. The standard InChI is InChI=1S/C11H11BrN2O2/c1-2-5-14-6-8(7-15)11(13-14)9-3-4-10(12)16-9/h3-4,6-7H,2,5H2,1H3. The molecular formula is C11H11BrN2O2. The molecule has 0 saturated carbocycles. The second kappa shape index (κ2) is 4.65. The SMILES string of the molecule is CCCn1cc(C=O)c(-c2ccc(Br)o2)n1. The number of aryl methyl sites for hydroxylation is 1. The van der Waals surface area contributed by atoms with Crippen molar-refractivity contribution in [2.45, 2.75) is 19.9 Å². The number of aldehydes is 1. The van der Waals surface area contributed by atoms with Crippen LogP contribution in [0.2, 0.25) is 0 Å². The molecule has 5 heteroatoms. The molecule has 0 N–H and O–H groups in total. The zero-order valence-electron chi connectivity index (χ0n) is 8.81. The molecule has 4 nitrogen and oxygen atoms in total. The monoisotopic (exact) mass is 282 g/mol. The fourth-order valence-electron chi connectivity index (χ4n) is 1.50. The van der Waals surface area contributed by atoms with Gasteiger partial charge in [-0.2, -0.15) is 5.10 Å². The van der Waals surface area contributed by atoms with Crippen molar-refractivity contribution in [3.8, 4) is 11.5 Å². The Bertz CT molecular complexity index is 502. The summed E-state index contributed by atoms with van der Waals surface area (Å²) >= 11 is 3.22. The first-order valence-corrected chi connectivity index (χ1v) is 5.82. The van der Waals surface area contributed by atoms with Gasteiger partial charge in [-0.15, -0.1) is 0 Å². The Morgan fingerprint density at radius 1 is 1.56 bits per heavy atom. The van der Waals surface area contributed by atoms with Crippen LogP contribution < -0.4 is 0 Å². The number of carbonyl (C=O) groups excluding carboxylic acids is 1. The van der Waals surface area contributed by atoms with E-state index in [1.165, 1.54) is 0 Å². The summed E-state index contributed by atoms with van der Waals surface area (Å²) in [4.78, 5) is 10.9. The molecule has 0 saturated heterocycles. The van der Waals surface area contributed by atoms with Crippen LogP contribution in [0.5, 0.6) is 0 Å². The zero-order valence-corrected chi connectivity index (χ0v) is 10.4. The molecule has 0 unspecified atom stereocenters. The lowest BCUT2D eigenvalue weighted by molar-refractivity contribution is 0.112. The second-order valence-corrected chi connectivity index (χ2v) is 4.20. The minimum Gasteiger partial charge on any atom is -0.448 e. The summed E-state index contributed by atoms with van der Waals surface area (Å²) in [5.74, 6) is 0.601. The number of rotatable bonds is 4. The van der Waals surface area contributed by atoms with E-state index in [0.717, 1.165) is 19.3 Å². The highest BCUT2D eigenvalue weighted by molar-refractivity contribution is 9.10. The van der Waals surface area contributed by atoms with Gasteiger partial charge in [-0.3, -0.25) is 9.48 Å². The number of hydrogen-bond acceptors (Lipinski definition) is 3. The summed E-state index contributed by atoms with van der Waals surface area (Å²) in [5, 5.41) is 4.33. The van der Waals surface area contributed by atoms with Gasteiger partial charge in [-0.25, -0.2) is 0 Å². The van der Waals surface area contributed by atoms with Crippen LogP contribution in [0.4, 0.5) is 0 Å². The molecular weight excluding hydrogens is 272 g/mol. The van der Waals surface area contributed by atoms with E-state index in [2.05, 4.69) is 28.0 Å². The van der Waals surface area contributed by atoms with Gasteiger partial charge in [0.25, 0.3) is 0 Å². The van der Waals surface area contributed by atoms with Crippen LogP contribution in [-0.2, 0) is 6.54 Å². The summed E-state index contributed by atoms with van der Waals surface area (Å²) in [7, 11) is 0. The van der Waals surface area contributed by atoms with Crippen molar-refractivity contribution in [1.82, 2.24) is 9.78 Å². The molecule has 2 rings (SSSR count). The van der Waals surface area contributed by atoms with Gasteiger partial charge in [0.05, 0.1) is 5.56 Å². The zero-order chi connectivity index (χ0) is 11.5. The van der Waals surface area contributed by atoms with Crippen molar-refractivity contribution in [3.05, 3.63) is 28.6 Å². The van der Waals surface area contributed by atoms with Crippen LogP contribution in [0.15, 0.2) is 27.4 Å². The Morgan fingerprint density at radius 2 is 2.38 bits per heavy atom. The largest absolute Gasteiger partial charge is 0.448 e. The molecule has 84 valence electrons. The minimum absolute atomic E-state index is 0.551. The van der Waals surface area contributed by atoms with Crippen molar-refractivity contribution < 1.29 is 9.21 Å². The number of carbonyl (C=O) groups is 1. The number of furan rings is 1. The number of aromatic nitrogens is 2. The molecule has 2 aromatic rings. The quantitative estimate of drug-likeness (QED) is 0.810. The first-order valence-electron chi connectivity index (χ1n) is 5.03. The molecule has 0 radical (unpaired) electrons. The maximum absolute atomic E-state index is 10.9. The number of hydrogen-bond donors (Lipinski definition) is 0. The molecule has 0 aromatic carbocycles. The van der Waals surface area contributed by atoms with E-state index in [4.69, 9.17) is 4.42 Å². The summed E-state index contributed by atoms with van der Waals surface area (Å²) in [6.45, 7) is 2.86. The number of halogens is 1. The molecule has 2 heterocycles. The average molecular weight is 283 g/mol. The highest BCUT2D eigenvalue weighted by Crippen LogP contribution is 2.25. The van der Waals surface area contributed by atoms with E-state index in [0.29, 0.717) is 21.7 Å². The lowest BCUT2D eigenvalue weighted by atomic mass is 10.2. The topological polar surface area (TPSA) is 48.0 Å². The van der Waals surface area contributed by atoms with E-state index >= 15 is 0 Å². The maximum Gasteiger partial charge on any atom is 0.169 e. The van der Waals surface area contributed by atoms with E-state index in [-0.39, 0.29) is 0 Å². The fraction of sp³-hybridized carbons (Fsp3) is 0.273. The lowest BCUT2D eigenvalue weighted by Crippen LogP contribution is -1.96. The molecule has 0 bridgehead atoms. The predicted octanol–water partition coefficient (Wildman–Crippen LogP) is 3.13. The van der Waals surface area contributed by atoms with Crippen molar-refractivity contribution in [2.24, 2.45) is 0 Å². The van der Waals surface area contributed by atoms with Crippen LogP contribution in [0.1, 0.15) is 23.7 Å². The fourth-order valence-corrected chi connectivity index (χ4v) is 1.81. The van der Waals surface area contributed by atoms with Crippen LogP contribution in [0.25, 0.3) is 11.5 Å². The third-order valence-corrected chi connectivity index (χ3v) is 2.60. The Morgan fingerprint density at radius 3 is 2.94 bits per heavy atom. The highest BCUT2D eigenvalue weighted by Gasteiger charge is 2.13. The molecule has 0 aliphatic carbocycles. The normalized spacial score (nSPS) is 10.6. The molecule has 16 heavy (non-hydrogen) atoms. The van der Waals surface area contributed by atoms with E-state index in [1.54, 1.807) is 23.0 Å². The summed E-state index contributed by atoms with van der Waals surface area (Å²) < 4.78 is 7.77. The molecule has 0 aliphatic heterocycles. The van der Waals surface area contributed by atoms with Crippen LogP contribution >= 0.6 is 15.9 Å². The Kier molecular flexibility index (Phi) is 3.24. The third-order valence-electron chi connectivity index (χ3n) is 2.18. The van der Waals surface area contributed by atoms with Gasteiger partial charge in [-0.05, 0) is 34.5 Å². The van der Waals surface area contributed by atoms with Crippen LogP contribution in [0.3, 0.4) is 0 Å². The van der Waals surface area contributed by atoms with E-state index < -0.39 is 0 Å². The first-order chi connectivity index (χ1) is 7.74. The second-order valence-electron chi connectivity index (χ2n) is 3.42. The summed E-state index contributed by atoms with van der Waals surface area (Å²) in [6.07, 6.45) is 3.51. The van der Waals surface area contributed by atoms with Gasteiger partial charge in [0.15, 0.2) is 16.7 Å². The van der Waals surface area contributed by atoms with Gasteiger partial charge in [0.1, 0.15) is 5.69 Å². The van der Waals surface area contributed by atoms with Gasteiger partial charge in [0.2, 0.25) is 0 Å². The van der Waals surface area contributed by atoms with Gasteiger partial charge >= 0.3 is 0 Å². The van der Waals surface area contributed by atoms with Crippen molar-refractivity contribution in [3.63, 3.8) is 0 Å². The molecule has 0 amide bonds. The molecule has 0 spiro atoms. The third kappa shape index (κ3) is 2.09. The maximum atomic E-state index is 10.9. The van der Waals surface area contributed by atoms with Gasteiger partial charge < -0.3 is 4.42 Å². The molecule has 2 aromatic heterocycles. The predicted molar refractivity (Wildman–Crippen MR) is 63.3 cm³/mol. The Hall–Kier alpha value is -1.36. The van der Waals surface area contributed by atoms with Crippen LogP contribution in [0, 0.1) is 0 Å². The van der Waals surface area contributed by atoms with Crippen molar-refractivity contribution >= 4 is 22.2 Å². The average Bonchev–Trinajstić information content (AvgIpc) is 2.84. The van der Waals surface area contributed by atoms with Gasteiger partial charge in [-0.1, -0.05) is 6.92 Å². The molecule has 0 aliphatic rings. The smallest absolute Gasteiger partial charge is 0.169 e. The van der Waals surface area contributed by atoms with Gasteiger partial charge in [0, 0.05) is 12.7 Å². The molecule has 0 fully saturated rings. The Balaban J connectivity index is 2.42.